The number of imide groups is 1. The summed E-state index contributed by atoms with van der Waals surface area (Å²) in [6.07, 6.45) is 0.127. The van der Waals surface area contributed by atoms with Crippen molar-refractivity contribution in [1.29, 1.82) is 0 Å². The predicted molar refractivity (Wildman–Crippen MR) is 52.9 cm³/mol. The molecule has 0 aliphatic carbocycles. The van der Waals surface area contributed by atoms with E-state index in [4.69, 9.17) is 4.42 Å². The van der Waals surface area contributed by atoms with E-state index in [0.717, 1.165) is 0 Å². The first-order valence-corrected chi connectivity index (χ1v) is 5.20. The molecule has 0 spiro atoms. The molecular weight excluding hydrogens is 282 g/mol. The van der Waals surface area contributed by atoms with Crippen molar-refractivity contribution >= 4 is 33.7 Å². The van der Waals surface area contributed by atoms with Crippen LogP contribution in [0.4, 0.5) is 0 Å². The molecule has 0 saturated carbocycles. The Balaban J connectivity index is 2.08. The molecule has 0 N–H and O–H groups in total. The highest BCUT2D eigenvalue weighted by atomic mass is 79.9. The number of nitrogens with zero attached hydrogens (tertiary/aromatic N) is 1. The molecule has 2 heterocycles. The van der Waals surface area contributed by atoms with Crippen LogP contribution in [0.15, 0.2) is 21.2 Å². The van der Waals surface area contributed by atoms with Crippen LogP contribution in [0.25, 0.3) is 0 Å². The van der Waals surface area contributed by atoms with Crippen molar-refractivity contribution in [1.82, 2.24) is 5.06 Å². The maximum Gasteiger partial charge on any atom is 0.399 e. The van der Waals surface area contributed by atoms with Gasteiger partial charge in [0.05, 0.1) is 0 Å². The normalized spacial score (nSPS) is 15.7. The zero-order valence-corrected chi connectivity index (χ0v) is 9.52. The Morgan fingerprint density at radius 2 is 1.94 bits per heavy atom. The van der Waals surface area contributed by atoms with Gasteiger partial charge in [-0.3, -0.25) is 9.59 Å². The summed E-state index contributed by atoms with van der Waals surface area (Å²) >= 11 is 3.01. The van der Waals surface area contributed by atoms with Crippen molar-refractivity contribution in [2.75, 3.05) is 0 Å². The third-order valence-electron chi connectivity index (χ3n) is 1.95. The number of rotatable bonds is 2. The lowest BCUT2D eigenvalue weighted by Crippen LogP contribution is -2.31. The van der Waals surface area contributed by atoms with Crippen LogP contribution in [0, 0.1) is 0 Å². The smallest absolute Gasteiger partial charge is 0.399 e. The van der Waals surface area contributed by atoms with E-state index in [9.17, 15) is 14.4 Å². The van der Waals surface area contributed by atoms with Crippen molar-refractivity contribution in [3.63, 3.8) is 0 Å². The molecule has 1 saturated heterocycles. The van der Waals surface area contributed by atoms with E-state index in [0.29, 0.717) is 9.73 Å². The van der Waals surface area contributed by atoms with Crippen molar-refractivity contribution in [3.05, 3.63) is 22.6 Å². The number of hydroxylamine groups is 2. The van der Waals surface area contributed by atoms with Gasteiger partial charge < -0.3 is 9.25 Å². The molecule has 1 aromatic heterocycles. The summed E-state index contributed by atoms with van der Waals surface area (Å²) in [5, 5.41) is 0.471. The zero-order chi connectivity index (χ0) is 11.7. The molecule has 84 valence electrons. The number of furan rings is 1. The second-order valence-electron chi connectivity index (χ2n) is 3.06. The number of amides is 2. The van der Waals surface area contributed by atoms with E-state index in [1.807, 2.05) is 0 Å². The third kappa shape index (κ3) is 1.99. The summed E-state index contributed by atoms with van der Waals surface area (Å²) in [6.45, 7) is 0. The highest BCUT2D eigenvalue weighted by Crippen LogP contribution is 2.17. The Labute approximate surface area is 98.2 Å². The molecule has 1 fully saturated rings. The van der Waals surface area contributed by atoms with Gasteiger partial charge in [-0.1, -0.05) is 0 Å². The Morgan fingerprint density at radius 1 is 1.31 bits per heavy atom. The average Bonchev–Trinajstić information content (AvgIpc) is 2.79. The fourth-order valence-electron chi connectivity index (χ4n) is 1.21. The molecular formula is C9H6BrNO5. The molecule has 1 aromatic rings. The van der Waals surface area contributed by atoms with E-state index < -0.39 is 17.8 Å². The summed E-state index contributed by atoms with van der Waals surface area (Å²) < 4.78 is 5.28. The van der Waals surface area contributed by atoms with Crippen molar-refractivity contribution < 1.29 is 23.6 Å². The Hall–Kier alpha value is -1.63. The van der Waals surface area contributed by atoms with E-state index in [2.05, 4.69) is 20.8 Å². The molecule has 1 aliphatic rings. The highest BCUT2D eigenvalue weighted by molar-refractivity contribution is 9.10. The average molecular weight is 288 g/mol. The predicted octanol–water partition coefficient (Wildman–Crippen LogP) is 1.26. The van der Waals surface area contributed by atoms with Crippen LogP contribution < -0.4 is 0 Å². The molecule has 0 atom stereocenters. The number of hydrogen-bond donors (Lipinski definition) is 0. The van der Waals surface area contributed by atoms with Gasteiger partial charge in [0.25, 0.3) is 11.8 Å². The summed E-state index contributed by atoms with van der Waals surface area (Å²) in [4.78, 5) is 38.3. The van der Waals surface area contributed by atoms with E-state index in [1.54, 1.807) is 0 Å². The Morgan fingerprint density at radius 3 is 2.44 bits per heavy atom. The van der Waals surface area contributed by atoms with Gasteiger partial charge >= 0.3 is 5.97 Å². The SMILES string of the molecule is O=C(ON1C(=O)CCC1=O)c1ccc(Br)o1. The van der Waals surface area contributed by atoms with Crippen molar-refractivity contribution in [2.45, 2.75) is 12.8 Å². The first-order valence-electron chi connectivity index (χ1n) is 4.41. The lowest BCUT2D eigenvalue weighted by Gasteiger charge is -2.10. The van der Waals surface area contributed by atoms with Crippen LogP contribution in [-0.4, -0.2) is 22.8 Å². The summed E-state index contributed by atoms with van der Waals surface area (Å²) in [6, 6.07) is 2.88. The van der Waals surface area contributed by atoms with Gasteiger partial charge in [-0.2, -0.15) is 0 Å². The van der Waals surface area contributed by atoms with Crippen LogP contribution in [0.5, 0.6) is 0 Å². The molecule has 0 aromatic carbocycles. The molecule has 0 radical (unpaired) electrons. The monoisotopic (exact) mass is 287 g/mol. The maximum atomic E-state index is 11.4. The van der Waals surface area contributed by atoms with Crippen molar-refractivity contribution in [3.8, 4) is 0 Å². The van der Waals surface area contributed by atoms with Gasteiger partial charge in [-0.05, 0) is 28.1 Å². The minimum absolute atomic E-state index is 0.0635. The van der Waals surface area contributed by atoms with Crippen molar-refractivity contribution in [2.24, 2.45) is 0 Å². The number of carbonyl (C=O) groups excluding carboxylic acids is 3. The Kier molecular flexibility index (Phi) is 2.78. The summed E-state index contributed by atoms with van der Waals surface area (Å²) in [5.74, 6) is -2.01. The van der Waals surface area contributed by atoms with E-state index in [1.165, 1.54) is 12.1 Å². The molecule has 6 nitrogen and oxygen atoms in total. The van der Waals surface area contributed by atoms with E-state index >= 15 is 0 Å². The van der Waals surface area contributed by atoms with Crippen LogP contribution >= 0.6 is 15.9 Å². The van der Waals surface area contributed by atoms with Gasteiger partial charge in [0, 0.05) is 12.8 Å². The highest BCUT2D eigenvalue weighted by Gasteiger charge is 2.33. The zero-order valence-electron chi connectivity index (χ0n) is 7.94. The minimum Gasteiger partial charge on any atom is -0.442 e. The van der Waals surface area contributed by atoms with Gasteiger partial charge in [0.15, 0.2) is 4.67 Å². The van der Waals surface area contributed by atoms with Gasteiger partial charge in [-0.25, -0.2) is 4.79 Å². The molecule has 7 heteroatoms. The summed E-state index contributed by atoms with van der Waals surface area (Å²) in [5.41, 5.74) is 0. The third-order valence-corrected chi connectivity index (χ3v) is 2.38. The minimum atomic E-state index is -0.880. The number of carbonyl (C=O) groups is 3. The molecule has 0 bridgehead atoms. The van der Waals surface area contributed by atoms with Gasteiger partial charge in [-0.15, -0.1) is 5.06 Å². The largest absolute Gasteiger partial charge is 0.442 e. The van der Waals surface area contributed by atoms with E-state index in [-0.39, 0.29) is 18.6 Å². The number of hydrogen-bond acceptors (Lipinski definition) is 5. The molecule has 2 amide bonds. The second-order valence-corrected chi connectivity index (χ2v) is 3.85. The van der Waals surface area contributed by atoms with Crippen LogP contribution in [-0.2, 0) is 14.4 Å². The Bertz CT molecular complexity index is 450. The fourth-order valence-corrected chi connectivity index (χ4v) is 1.52. The second kappa shape index (κ2) is 4.09. The molecule has 1 aliphatic heterocycles. The first-order chi connectivity index (χ1) is 7.58. The topological polar surface area (TPSA) is 76.8 Å². The van der Waals surface area contributed by atoms with Crippen LogP contribution in [0.1, 0.15) is 23.4 Å². The lowest BCUT2D eigenvalue weighted by atomic mass is 10.4. The first kappa shape index (κ1) is 10.9. The molecule has 0 unspecified atom stereocenters. The van der Waals surface area contributed by atoms with Gasteiger partial charge in [0.2, 0.25) is 5.76 Å². The lowest BCUT2D eigenvalue weighted by molar-refractivity contribution is -0.173. The fraction of sp³-hybridized carbons (Fsp3) is 0.222. The molecule has 16 heavy (non-hydrogen) atoms. The van der Waals surface area contributed by atoms with Gasteiger partial charge in [0.1, 0.15) is 0 Å². The quantitative estimate of drug-likeness (QED) is 0.766. The van der Waals surface area contributed by atoms with Crippen LogP contribution in [0.2, 0.25) is 0 Å². The standard InChI is InChI=1S/C9H6BrNO5/c10-6-2-1-5(15-6)9(14)16-11-7(12)3-4-8(11)13/h1-2H,3-4H2. The van der Waals surface area contributed by atoms with Crippen LogP contribution in [0.3, 0.4) is 0 Å². The maximum absolute atomic E-state index is 11.4. The summed E-state index contributed by atoms with van der Waals surface area (Å²) in [7, 11) is 0. The number of halogens is 1. The molecule has 2 rings (SSSR count).